The first-order valence-electron chi connectivity index (χ1n) is 2.44. The van der Waals surface area contributed by atoms with Crippen LogP contribution in [-0.4, -0.2) is 20.4 Å². The fourth-order valence-corrected chi connectivity index (χ4v) is 0.345. The number of aromatic nitrogens is 4. The molecule has 0 radical (unpaired) electrons. The van der Waals surface area contributed by atoms with Crippen LogP contribution < -0.4 is 4.74 Å². The molecular weight excluding hydrogens is 184 g/mol. The fourth-order valence-electron chi connectivity index (χ4n) is 0.345. The van der Waals surface area contributed by atoms with E-state index in [4.69, 9.17) is 0 Å². The van der Waals surface area contributed by atoms with Crippen LogP contribution in [0.1, 0.15) is 0 Å². The smallest absolute Gasteiger partial charge is 0.366 e. The summed E-state index contributed by atoms with van der Waals surface area (Å²) in [6, 6.07) is -3.13. The fraction of sp³-hybridized carbons (Fsp3) is 0. The first kappa shape index (κ1) is 8.43. The summed E-state index contributed by atoms with van der Waals surface area (Å²) in [6.45, 7) is 0. The molecule has 0 amide bonds. The minimum atomic E-state index is -2.69. The Balaban J connectivity index is 2.71. The third-order valence-corrected chi connectivity index (χ3v) is 0.702. The molecule has 0 bridgehead atoms. The van der Waals surface area contributed by atoms with E-state index in [1.807, 2.05) is 0 Å². The highest BCUT2D eigenvalue weighted by Crippen LogP contribution is 2.12. The monoisotopic (exact) mass is 184 g/mol. The third-order valence-electron chi connectivity index (χ3n) is 0.702. The Labute approximate surface area is 62.2 Å². The second-order valence-corrected chi connectivity index (χ2v) is 1.45. The lowest BCUT2D eigenvalue weighted by molar-refractivity contribution is 0.218. The molecule has 0 fully saturated rings. The van der Waals surface area contributed by atoms with E-state index in [9.17, 15) is 17.7 Å². The molecule has 0 saturated heterocycles. The van der Waals surface area contributed by atoms with Crippen molar-refractivity contribution in [2.24, 2.45) is 0 Å². The van der Waals surface area contributed by atoms with E-state index < -0.39 is 23.1 Å². The lowest BCUT2D eigenvalue weighted by atomic mass is 11.0. The molecule has 0 unspecified atom stereocenters. The van der Waals surface area contributed by atoms with Crippen LogP contribution in [0.3, 0.4) is 0 Å². The van der Waals surface area contributed by atoms with Crippen LogP contribution in [0.5, 0.6) is 6.01 Å². The van der Waals surface area contributed by atoms with Gasteiger partial charge in [-0.1, -0.05) is 14.7 Å². The summed E-state index contributed by atoms with van der Waals surface area (Å²) in [4.78, 5) is 0. The van der Waals surface area contributed by atoms with Crippen LogP contribution in [0.15, 0.2) is 12.1 Å². The molecule has 66 valence electrons. The van der Waals surface area contributed by atoms with Crippen molar-refractivity contribution in [2.45, 2.75) is 0 Å². The Morgan fingerprint density at radius 2 is 2.00 bits per heavy atom. The highest BCUT2D eigenvalue weighted by molar-refractivity contribution is 4.93. The maximum absolute atomic E-state index is 11.9. The van der Waals surface area contributed by atoms with Crippen LogP contribution >= 0.6 is 0 Å². The largest absolute Gasteiger partial charge is 0.390 e. The predicted octanol–water partition coefficient (Wildman–Crippen LogP) is 0.820. The number of hydrogen-bond acceptors (Lipinski definition) is 4. The molecule has 0 saturated carbocycles. The molecule has 5 nitrogen and oxygen atoms in total. The van der Waals surface area contributed by atoms with Crippen LogP contribution in [0, 0.1) is 0 Å². The molecule has 0 aliphatic rings. The number of halogens is 4. The number of hydrogen-bond donors (Lipinski definition) is 0. The van der Waals surface area contributed by atoms with Gasteiger partial charge in [-0.3, -0.25) is 0 Å². The molecule has 0 spiro atoms. The van der Waals surface area contributed by atoms with Crippen molar-refractivity contribution >= 4 is 0 Å². The zero-order chi connectivity index (χ0) is 9.14. The van der Waals surface area contributed by atoms with Gasteiger partial charge in [0.2, 0.25) is 0 Å². The summed E-state index contributed by atoms with van der Waals surface area (Å²) in [6.07, 6.45) is -2.69. The molecule has 0 aliphatic heterocycles. The van der Waals surface area contributed by atoms with Crippen molar-refractivity contribution in [3.8, 4) is 6.01 Å². The van der Waals surface area contributed by atoms with Gasteiger partial charge < -0.3 is 4.74 Å². The highest BCUT2D eigenvalue weighted by atomic mass is 19.3. The van der Waals surface area contributed by atoms with E-state index in [0.717, 1.165) is 0 Å². The standard InChI is InChI=1S/C3F4N4O/c4-1(5)2(6)12-3-8-10-11(7)9-3. The third kappa shape index (κ3) is 1.90. The highest BCUT2D eigenvalue weighted by Gasteiger charge is 2.11. The van der Waals surface area contributed by atoms with E-state index in [1.165, 1.54) is 0 Å². The van der Waals surface area contributed by atoms with E-state index in [0.29, 0.717) is 0 Å². The van der Waals surface area contributed by atoms with Gasteiger partial charge in [0.25, 0.3) is 0 Å². The number of rotatable bonds is 2. The van der Waals surface area contributed by atoms with Crippen LogP contribution in [0.25, 0.3) is 0 Å². The quantitative estimate of drug-likeness (QED) is 0.504. The van der Waals surface area contributed by atoms with Crippen molar-refractivity contribution in [1.29, 1.82) is 0 Å². The summed E-state index contributed by atoms with van der Waals surface area (Å²) in [5, 5.41) is 7.37. The van der Waals surface area contributed by atoms with Crippen molar-refractivity contribution in [3.05, 3.63) is 12.1 Å². The lowest BCUT2D eigenvalue weighted by Gasteiger charge is -1.91. The van der Waals surface area contributed by atoms with Gasteiger partial charge in [0.05, 0.1) is 0 Å². The van der Waals surface area contributed by atoms with Gasteiger partial charge in [-0.25, -0.2) is 0 Å². The van der Waals surface area contributed by atoms with Crippen molar-refractivity contribution in [1.82, 2.24) is 20.4 Å². The molecule has 0 N–H and O–H groups in total. The zero-order valence-corrected chi connectivity index (χ0v) is 5.21. The molecule has 1 aromatic rings. The van der Waals surface area contributed by atoms with Gasteiger partial charge in [-0.15, -0.1) is 0 Å². The molecule has 1 heterocycles. The number of tetrazole rings is 1. The Kier molecular flexibility index (Phi) is 2.21. The average Bonchev–Trinajstić information content (AvgIpc) is 2.35. The van der Waals surface area contributed by atoms with Gasteiger partial charge in [-0.05, 0) is 5.21 Å². The van der Waals surface area contributed by atoms with Crippen molar-refractivity contribution in [2.75, 3.05) is 0 Å². The van der Waals surface area contributed by atoms with Crippen LogP contribution in [0.4, 0.5) is 17.7 Å². The molecule has 12 heavy (non-hydrogen) atoms. The molecule has 9 heteroatoms. The predicted molar refractivity (Wildman–Crippen MR) is 25.3 cm³/mol. The molecule has 1 aromatic heterocycles. The first-order valence-corrected chi connectivity index (χ1v) is 2.44. The Morgan fingerprint density at radius 1 is 1.33 bits per heavy atom. The maximum Gasteiger partial charge on any atom is 0.366 e. The normalized spacial score (nSPS) is 9.67. The Morgan fingerprint density at radius 3 is 2.42 bits per heavy atom. The maximum atomic E-state index is 11.9. The first-order chi connectivity index (χ1) is 5.59. The molecule has 0 aliphatic carbocycles. The average molecular weight is 184 g/mol. The van der Waals surface area contributed by atoms with Gasteiger partial charge in [-0.2, -0.15) is 13.2 Å². The molecule has 0 atom stereocenters. The van der Waals surface area contributed by atoms with Crippen LogP contribution in [0.2, 0.25) is 0 Å². The minimum Gasteiger partial charge on any atom is -0.390 e. The van der Waals surface area contributed by atoms with E-state index in [-0.39, 0.29) is 0 Å². The number of nitrogens with zero attached hydrogens (tertiary/aromatic N) is 4. The zero-order valence-electron chi connectivity index (χ0n) is 5.21. The Bertz CT molecular complexity index is 305. The second kappa shape index (κ2) is 3.15. The van der Waals surface area contributed by atoms with E-state index in [2.05, 4.69) is 20.1 Å². The molecule has 1 rings (SSSR count). The van der Waals surface area contributed by atoms with E-state index >= 15 is 0 Å². The van der Waals surface area contributed by atoms with Gasteiger partial charge in [0.1, 0.15) is 0 Å². The van der Waals surface area contributed by atoms with Crippen molar-refractivity contribution in [3.63, 3.8) is 0 Å². The van der Waals surface area contributed by atoms with E-state index in [1.54, 1.807) is 0 Å². The van der Waals surface area contributed by atoms with Gasteiger partial charge in [0, 0.05) is 5.02 Å². The van der Waals surface area contributed by atoms with Crippen LogP contribution in [-0.2, 0) is 0 Å². The molecule has 0 aromatic carbocycles. The van der Waals surface area contributed by atoms with Gasteiger partial charge >= 0.3 is 18.1 Å². The number of ether oxygens (including phenoxy) is 1. The second-order valence-electron chi connectivity index (χ2n) is 1.45. The summed E-state index contributed by atoms with van der Waals surface area (Å²) in [7, 11) is 0. The van der Waals surface area contributed by atoms with Gasteiger partial charge in [0.15, 0.2) is 0 Å². The topological polar surface area (TPSA) is 52.8 Å². The summed E-state index contributed by atoms with van der Waals surface area (Å²) < 4.78 is 50.0. The lowest BCUT2D eigenvalue weighted by Crippen LogP contribution is -1.93. The summed E-state index contributed by atoms with van der Waals surface area (Å²) in [5.41, 5.74) is 0. The molecular formula is C3F4N4O. The van der Waals surface area contributed by atoms with Crippen molar-refractivity contribution < 1.29 is 22.4 Å². The Hall–Kier alpha value is -1.67. The SMILES string of the molecule is FC(F)=C(F)Oc1nnn(F)n1. The summed E-state index contributed by atoms with van der Waals surface area (Å²) >= 11 is 0. The summed E-state index contributed by atoms with van der Waals surface area (Å²) in [5.74, 6) is 0. The minimum absolute atomic E-state index is 0.557.